The van der Waals surface area contributed by atoms with Crippen LogP contribution in [0.1, 0.15) is 0 Å². The monoisotopic (exact) mass is 284 g/mol. The topological polar surface area (TPSA) is 56.0 Å². The quantitative estimate of drug-likeness (QED) is 0.781. The van der Waals surface area contributed by atoms with Crippen LogP contribution in [0.2, 0.25) is 0 Å². The second kappa shape index (κ2) is 5.85. The number of ether oxygens (including phenoxy) is 2. The van der Waals surface area contributed by atoms with Gasteiger partial charge in [0.25, 0.3) is 0 Å². The first-order valence-electron chi connectivity index (χ1n) is 6.67. The van der Waals surface area contributed by atoms with Crippen LogP contribution in [0.25, 0.3) is 16.9 Å². The minimum atomic E-state index is 0.00874. The average Bonchev–Trinajstić information content (AvgIpc) is 2.96. The van der Waals surface area contributed by atoms with Crippen LogP contribution in [0.5, 0.6) is 11.5 Å². The maximum absolute atomic E-state index is 8.75. The van der Waals surface area contributed by atoms with Crippen LogP contribution in [0.15, 0.2) is 48.8 Å². The van der Waals surface area contributed by atoms with Crippen LogP contribution in [0.4, 0.5) is 0 Å². The van der Waals surface area contributed by atoms with Crippen LogP contribution >= 0.6 is 0 Å². The molecule has 2 aromatic heterocycles. The highest BCUT2D eigenvalue weighted by atomic mass is 16.5. The number of methoxy groups -OCH3 is 1. The van der Waals surface area contributed by atoms with Crippen molar-refractivity contribution in [3.8, 4) is 22.8 Å². The lowest BCUT2D eigenvalue weighted by Crippen LogP contribution is -2.01. The Morgan fingerprint density at radius 2 is 1.86 bits per heavy atom. The third-order valence-corrected chi connectivity index (χ3v) is 3.22. The van der Waals surface area contributed by atoms with E-state index in [1.165, 1.54) is 0 Å². The summed E-state index contributed by atoms with van der Waals surface area (Å²) in [6.45, 7) is 0.307. The lowest BCUT2D eigenvalue weighted by atomic mass is 10.1. The molecule has 0 aliphatic rings. The van der Waals surface area contributed by atoms with Gasteiger partial charge in [-0.3, -0.25) is 4.40 Å². The minimum absolute atomic E-state index is 0.00874. The Morgan fingerprint density at radius 3 is 2.57 bits per heavy atom. The molecule has 0 unspecified atom stereocenters. The number of aromatic nitrogens is 2. The van der Waals surface area contributed by atoms with E-state index in [1.807, 2.05) is 53.2 Å². The molecule has 0 atom stereocenters. The fraction of sp³-hybridized carbons (Fsp3) is 0.188. The minimum Gasteiger partial charge on any atom is -0.495 e. The van der Waals surface area contributed by atoms with E-state index in [4.69, 9.17) is 14.6 Å². The molecule has 0 saturated heterocycles. The van der Waals surface area contributed by atoms with Gasteiger partial charge in [-0.25, -0.2) is 4.98 Å². The molecule has 3 aromatic rings. The summed E-state index contributed by atoms with van der Waals surface area (Å²) in [5.74, 6) is 1.52. The molecule has 2 heterocycles. The zero-order valence-corrected chi connectivity index (χ0v) is 11.7. The summed E-state index contributed by atoms with van der Waals surface area (Å²) in [6.07, 6.45) is 3.74. The maximum Gasteiger partial charge on any atom is 0.137 e. The van der Waals surface area contributed by atoms with E-state index < -0.39 is 0 Å². The molecule has 0 fully saturated rings. The van der Waals surface area contributed by atoms with Gasteiger partial charge in [0, 0.05) is 5.56 Å². The van der Waals surface area contributed by atoms with Gasteiger partial charge in [-0.05, 0) is 36.4 Å². The number of hydrogen-bond donors (Lipinski definition) is 1. The first-order chi connectivity index (χ1) is 10.3. The average molecular weight is 284 g/mol. The lowest BCUT2D eigenvalue weighted by Gasteiger charge is -2.07. The Bertz CT molecular complexity index is 735. The molecule has 0 bridgehead atoms. The second-order valence-electron chi connectivity index (χ2n) is 4.54. The lowest BCUT2D eigenvalue weighted by molar-refractivity contribution is 0.201. The molecule has 0 aliphatic heterocycles. The zero-order chi connectivity index (χ0) is 14.7. The fourth-order valence-corrected chi connectivity index (χ4v) is 2.18. The summed E-state index contributed by atoms with van der Waals surface area (Å²) in [5, 5.41) is 8.75. The van der Waals surface area contributed by atoms with Crippen molar-refractivity contribution in [1.82, 2.24) is 9.38 Å². The van der Waals surface area contributed by atoms with Gasteiger partial charge in [0.15, 0.2) is 0 Å². The Kier molecular flexibility index (Phi) is 3.75. The fourth-order valence-electron chi connectivity index (χ4n) is 2.18. The number of imidazole rings is 1. The zero-order valence-electron chi connectivity index (χ0n) is 11.7. The molecule has 0 radical (unpaired) electrons. The van der Waals surface area contributed by atoms with Crippen molar-refractivity contribution in [3.63, 3.8) is 0 Å². The third kappa shape index (κ3) is 2.68. The van der Waals surface area contributed by atoms with E-state index in [0.717, 1.165) is 28.4 Å². The second-order valence-corrected chi connectivity index (χ2v) is 4.54. The molecule has 108 valence electrons. The largest absolute Gasteiger partial charge is 0.495 e. The summed E-state index contributed by atoms with van der Waals surface area (Å²) in [7, 11) is 1.64. The summed E-state index contributed by atoms with van der Waals surface area (Å²) >= 11 is 0. The number of benzene rings is 1. The molecule has 3 rings (SSSR count). The standard InChI is InChI=1S/C16H16N2O3/c1-20-14-6-7-16-17-10-15(18(16)11-14)12-2-4-13(5-3-12)21-9-8-19/h2-7,10-11,19H,8-9H2,1H3. The van der Waals surface area contributed by atoms with Crippen molar-refractivity contribution < 1.29 is 14.6 Å². The molecular formula is C16H16N2O3. The van der Waals surface area contributed by atoms with Crippen molar-refractivity contribution in [2.75, 3.05) is 20.3 Å². The Balaban J connectivity index is 1.96. The van der Waals surface area contributed by atoms with E-state index in [9.17, 15) is 0 Å². The van der Waals surface area contributed by atoms with Gasteiger partial charge in [0.05, 0.1) is 31.8 Å². The van der Waals surface area contributed by atoms with Gasteiger partial charge in [0.1, 0.15) is 23.8 Å². The number of hydrogen-bond acceptors (Lipinski definition) is 4. The first-order valence-corrected chi connectivity index (χ1v) is 6.67. The van der Waals surface area contributed by atoms with Crippen LogP contribution in [0, 0.1) is 0 Å². The molecule has 1 aromatic carbocycles. The van der Waals surface area contributed by atoms with E-state index >= 15 is 0 Å². The SMILES string of the molecule is COc1ccc2ncc(-c3ccc(OCCO)cc3)n2c1. The highest BCUT2D eigenvalue weighted by Crippen LogP contribution is 2.25. The molecular weight excluding hydrogens is 268 g/mol. The van der Waals surface area contributed by atoms with E-state index in [0.29, 0.717) is 6.61 Å². The smallest absolute Gasteiger partial charge is 0.137 e. The molecule has 0 aliphatic carbocycles. The summed E-state index contributed by atoms with van der Waals surface area (Å²) in [5.41, 5.74) is 2.89. The maximum atomic E-state index is 8.75. The van der Waals surface area contributed by atoms with Gasteiger partial charge >= 0.3 is 0 Å². The number of aliphatic hydroxyl groups is 1. The van der Waals surface area contributed by atoms with E-state index in [-0.39, 0.29) is 6.61 Å². The van der Waals surface area contributed by atoms with Crippen molar-refractivity contribution in [2.24, 2.45) is 0 Å². The number of nitrogens with zero attached hydrogens (tertiary/aromatic N) is 2. The molecule has 21 heavy (non-hydrogen) atoms. The summed E-state index contributed by atoms with van der Waals surface area (Å²) < 4.78 is 12.6. The van der Waals surface area contributed by atoms with Gasteiger partial charge in [-0.1, -0.05) is 0 Å². The number of fused-ring (bicyclic) bond motifs is 1. The van der Waals surface area contributed by atoms with Crippen molar-refractivity contribution in [3.05, 3.63) is 48.8 Å². The molecule has 5 nitrogen and oxygen atoms in total. The van der Waals surface area contributed by atoms with Gasteiger partial charge in [-0.15, -0.1) is 0 Å². The molecule has 0 saturated carbocycles. The van der Waals surface area contributed by atoms with Crippen LogP contribution in [-0.2, 0) is 0 Å². The first kappa shape index (κ1) is 13.5. The number of pyridine rings is 1. The van der Waals surface area contributed by atoms with Gasteiger partial charge < -0.3 is 14.6 Å². The molecule has 0 amide bonds. The molecule has 1 N–H and O–H groups in total. The summed E-state index contributed by atoms with van der Waals surface area (Å²) in [6, 6.07) is 11.5. The highest BCUT2D eigenvalue weighted by molar-refractivity contribution is 5.64. The highest BCUT2D eigenvalue weighted by Gasteiger charge is 2.07. The summed E-state index contributed by atoms with van der Waals surface area (Å²) in [4.78, 5) is 4.39. The van der Waals surface area contributed by atoms with Crippen LogP contribution < -0.4 is 9.47 Å². The Hall–Kier alpha value is -2.53. The van der Waals surface area contributed by atoms with Crippen LogP contribution in [0.3, 0.4) is 0 Å². The Labute approximate surface area is 122 Å². The van der Waals surface area contributed by atoms with Crippen molar-refractivity contribution >= 4 is 5.65 Å². The van der Waals surface area contributed by atoms with Crippen molar-refractivity contribution in [1.29, 1.82) is 0 Å². The number of rotatable bonds is 5. The van der Waals surface area contributed by atoms with Gasteiger partial charge in [-0.2, -0.15) is 0 Å². The Morgan fingerprint density at radius 1 is 1.10 bits per heavy atom. The molecule has 5 heteroatoms. The van der Waals surface area contributed by atoms with Gasteiger partial charge in [0.2, 0.25) is 0 Å². The van der Waals surface area contributed by atoms with Crippen molar-refractivity contribution in [2.45, 2.75) is 0 Å². The number of aliphatic hydroxyl groups excluding tert-OH is 1. The predicted octanol–water partition coefficient (Wildman–Crippen LogP) is 2.38. The van der Waals surface area contributed by atoms with Crippen LogP contribution in [-0.4, -0.2) is 34.8 Å². The predicted molar refractivity (Wildman–Crippen MR) is 79.8 cm³/mol. The van der Waals surface area contributed by atoms with E-state index in [2.05, 4.69) is 4.98 Å². The third-order valence-electron chi connectivity index (χ3n) is 3.22. The molecule has 0 spiro atoms. The normalized spacial score (nSPS) is 10.8. The van der Waals surface area contributed by atoms with E-state index in [1.54, 1.807) is 7.11 Å².